The van der Waals surface area contributed by atoms with Gasteiger partial charge in [0.2, 0.25) is 0 Å². The summed E-state index contributed by atoms with van der Waals surface area (Å²) in [5.41, 5.74) is 1.30. The van der Waals surface area contributed by atoms with Crippen molar-refractivity contribution in [1.82, 2.24) is 9.27 Å². The fourth-order valence-electron chi connectivity index (χ4n) is 0.670. The van der Waals surface area contributed by atoms with Gasteiger partial charge in [0.15, 0.2) is 0 Å². The first-order valence-corrected chi connectivity index (χ1v) is 3.65. The molecule has 0 aliphatic carbocycles. The summed E-state index contributed by atoms with van der Waals surface area (Å²) in [6.07, 6.45) is 1.91. The van der Waals surface area contributed by atoms with Crippen LogP contribution in [0.5, 0.6) is 0 Å². The highest BCUT2D eigenvalue weighted by molar-refractivity contribution is 7.03. The van der Waals surface area contributed by atoms with E-state index in [4.69, 9.17) is 0 Å². The van der Waals surface area contributed by atoms with E-state index in [1.807, 2.05) is 6.20 Å². The lowest BCUT2D eigenvalue weighted by Gasteiger charge is -2.05. The maximum absolute atomic E-state index is 3.99. The minimum absolute atomic E-state index is 0.997. The molecule has 0 spiro atoms. The lowest BCUT2D eigenvalue weighted by atomic mass is 10.4. The summed E-state index contributed by atoms with van der Waals surface area (Å²) in [5.74, 6) is 0. The molecule has 1 rings (SSSR count). The van der Waals surface area contributed by atoms with Gasteiger partial charge in [-0.2, -0.15) is 0 Å². The molecule has 0 unspecified atom stereocenters. The largest absolute Gasteiger partial charge is 0.305 e. The highest BCUT2D eigenvalue weighted by atomic mass is 32.1. The van der Waals surface area contributed by atoms with Crippen molar-refractivity contribution in [3.05, 3.63) is 17.1 Å². The van der Waals surface area contributed by atoms with Crippen molar-refractivity contribution in [2.75, 3.05) is 14.1 Å². The van der Waals surface area contributed by atoms with E-state index < -0.39 is 0 Å². The van der Waals surface area contributed by atoms with Crippen molar-refractivity contribution < 1.29 is 0 Å². The third-order valence-electron chi connectivity index (χ3n) is 0.982. The molecule has 0 atom stereocenters. The van der Waals surface area contributed by atoms with Crippen molar-refractivity contribution in [3.8, 4) is 0 Å². The third-order valence-corrected chi connectivity index (χ3v) is 1.62. The number of nitrogens with zero attached hydrogens (tertiary/aromatic N) is 2. The van der Waals surface area contributed by atoms with E-state index in [9.17, 15) is 0 Å². The summed E-state index contributed by atoms with van der Waals surface area (Å²) in [5, 5.41) is 2.07. The summed E-state index contributed by atoms with van der Waals surface area (Å²) in [4.78, 5) is 2.13. The summed E-state index contributed by atoms with van der Waals surface area (Å²) in [6, 6.07) is 0. The SMILES string of the molecule is CN(C)Cc1cnsc1. The number of aromatic nitrogens is 1. The molecule has 2 nitrogen and oxygen atoms in total. The van der Waals surface area contributed by atoms with Gasteiger partial charge in [0.25, 0.3) is 0 Å². The fraction of sp³-hybridized carbons (Fsp3) is 0.500. The van der Waals surface area contributed by atoms with Crippen LogP contribution in [0, 0.1) is 0 Å². The van der Waals surface area contributed by atoms with E-state index in [2.05, 4.69) is 28.7 Å². The second-order valence-electron chi connectivity index (χ2n) is 2.27. The van der Waals surface area contributed by atoms with Gasteiger partial charge in [-0.05, 0) is 31.2 Å². The third kappa shape index (κ3) is 2.11. The van der Waals surface area contributed by atoms with Crippen molar-refractivity contribution in [2.45, 2.75) is 6.54 Å². The van der Waals surface area contributed by atoms with Gasteiger partial charge in [0.05, 0.1) is 0 Å². The minimum Gasteiger partial charge on any atom is -0.305 e. The Morgan fingerprint density at radius 1 is 1.67 bits per heavy atom. The molecule has 0 aromatic carbocycles. The van der Waals surface area contributed by atoms with Crippen LogP contribution < -0.4 is 0 Å². The molecule has 0 radical (unpaired) electrons. The molecule has 0 saturated carbocycles. The molecule has 0 aliphatic heterocycles. The van der Waals surface area contributed by atoms with E-state index in [1.165, 1.54) is 17.1 Å². The van der Waals surface area contributed by atoms with Gasteiger partial charge in [-0.15, -0.1) is 0 Å². The Morgan fingerprint density at radius 2 is 2.44 bits per heavy atom. The Morgan fingerprint density at radius 3 is 2.89 bits per heavy atom. The molecule has 1 aromatic heterocycles. The van der Waals surface area contributed by atoms with E-state index in [0.29, 0.717) is 0 Å². The highest BCUT2D eigenvalue weighted by Crippen LogP contribution is 2.02. The van der Waals surface area contributed by atoms with E-state index in [-0.39, 0.29) is 0 Å². The van der Waals surface area contributed by atoms with Crippen LogP contribution in [0.1, 0.15) is 5.56 Å². The zero-order valence-corrected chi connectivity index (χ0v) is 6.48. The van der Waals surface area contributed by atoms with E-state index >= 15 is 0 Å². The lowest BCUT2D eigenvalue weighted by molar-refractivity contribution is 0.403. The summed E-state index contributed by atoms with van der Waals surface area (Å²) >= 11 is 1.50. The standard InChI is InChI=1S/C6H10N2S/c1-8(2)4-6-3-7-9-5-6/h3,5H,4H2,1-2H3. The Labute approximate surface area is 59.3 Å². The maximum atomic E-state index is 3.99. The maximum Gasteiger partial charge on any atom is 0.0451 e. The minimum atomic E-state index is 0.997. The van der Waals surface area contributed by atoms with Gasteiger partial charge < -0.3 is 4.90 Å². The van der Waals surface area contributed by atoms with Gasteiger partial charge in [0.1, 0.15) is 0 Å². The Balaban J connectivity index is 2.48. The molecule has 0 amide bonds. The van der Waals surface area contributed by atoms with Crippen LogP contribution in [0.25, 0.3) is 0 Å². The summed E-state index contributed by atoms with van der Waals surface area (Å²) in [7, 11) is 4.11. The number of hydrogen-bond acceptors (Lipinski definition) is 3. The van der Waals surface area contributed by atoms with Gasteiger partial charge in [0, 0.05) is 18.1 Å². The first-order chi connectivity index (χ1) is 4.29. The average Bonchev–Trinajstić information content (AvgIpc) is 2.15. The Hall–Kier alpha value is -0.410. The summed E-state index contributed by atoms with van der Waals surface area (Å²) in [6.45, 7) is 0.997. The van der Waals surface area contributed by atoms with Crippen LogP contribution in [0.15, 0.2) is 11.6 Å². The van der Waals surface area contributed by atoms with Crippen LogP contribution in [-0.4, -0.2) is 23.4 Å². The van der Waals surface area contributed by atoms with E-state index in [0.717, 1.165) is 6.54 Å². The van der Waals surface area contributed by atoms with Gasteiger partial charge in [-0.25, -0.2) is 4.37 Å². The van der Waals surface area contributed by atoms with Crippen molar-refractivity contribution in [2.24, 2.45) is 0 Å². The predicted octanol–water partition coefficient (Wildman–Crippen LogP) is 1.20. The molecule has 1 aromatic rings. The normalized spacial score (nSPS) is 10.6. The molecule has 0 N–H and O–H groups in total. The van der Waals surface area contributed by atoms with Crippen molar-refractivity contribution in [1.29, 1.82) is 0 Å². The second kappa shape index (κ2) is 2.94. The average molecular weight is 142 g/mol. The smallest absolute Gasteiger partial charge is 0.0451 e. The van der Waals surface area contributed by atoms with Crippen LogP contribution in [0.2, 0.25) is 0 Å². The monoisotopic (exact) mass is 142 g/mol. The number of hydrogen-bond donors (Lipinski definition) is 0. The first kappa shape index (κ1) is 6.71. The molecule has 9 heavy (non-hydrogen) atoms. The highest BCUT2D eigenvalue weighted by Gasteiger charge is 1.93. The topological polar surface area (TPSA) is 16.1 Å². The van der Waals surface area contributed by atoms with Gasteiger partial charge >= 0.3 is 0 Å². The first-order valence-electron chi connectivity index (χ1n) is 2.82. The van der Waals surface area contributed by atoms with Crippen LogP contribution >= 0.6 is 11.5 Å². The Bertz CT molecular complexity index is 158. The lowest BCUT2D eigenvalue weighted by Crippen LogP contribution is -2.09. The molecule has 3 heteroatoms. The van der Waals surface area contributed by atoms with Crippen LogP contribution in [-0.2, 0) is 6.54 Å². The molecule has 0 fully saturated rings. The molecule has 1 heterocycles. The molecular formula is C6H10N2S. The van der Waals surface area contributed by atoms with Crippen molar-refractivity contribution in [3.63, 3.8) is 0 Å². The van der Waals surface area contributed by atoms with Gasteiger partial charge in [-0.3, -0.25) is 0 Å². The van der Waals surface area contributed by atoms with E-state index in [1.54, 1.807) is 0 Å². The fourth-order valence-corrected chi connectivity index (χ4v) is 1.20. The Kier molecular flexibility index (Phi) is 2.19. The van der Waals surface area contributed by atoms with Gasteiger partial charge in [-0.1, -0.05) is 0 Å². The van der Waals surface area contributed by atoms with Crippen LogP contribution in [0.4, 0.5) is 0 Å². The molecular weight excluding hydrogens is 132 g/mol. The molecule has 0 aliphatic rings. The summed E-state index contributed by atoms with van der Waals surface area (Å²) < 4.78 is 3.99. The molecule has 0 bridgehead atoms. The second-order valence-corrected chi connectivity index (χ2v) is 2.93. The predicted molar refractivity (Wildman–Crippen MR) is 39.5 cm³/mol. The molecule has 50 valence electrons. The quantitative estimate of drug-likeness (QED) is 0.617. The zero-order chi connectivity index (χ0) is 6.69. The van der Waals surface area contributed by atoms with Crippen molar-refractivity contribution >= 4 is 11.5 Å². The zero-order valence-electron chi connectivity index (χ0n) is 5.66. The molecule has 0 saturated heterocycles. The van der Waals surface area contributed by atoms with Crippen LogP contribution in [0.3, 0.4) is 0 Å². The number of rotatable bonds is 2.